The molecule has 1 N–H and O–H groups in total. The van der Waals surface area contributed by atoms with Gasteiger partial charge in [0.1, 0.15) is 11.0 Å². The highest BCUT2D eigenvalue weighted by atomic mass is 16.2. The normalized spacial score (nSPS) is 11.5. The largest absolute Gasteiger partial charge is 0.372 e. The van der Waals surface area contributed by atoms with Crippen LogP contribution in [0.3, 0.4) is 0 Å². The predicted molar refractivity (Wildman–Crippen MR) is 155 cm³/mol. The van der Waals surface area contributed by atoms with Crippen LogP contribution in [0.25, 0.3) is 16.7 Å². The molecule has 0 saturated carbocycles. The Hall–Kier alpha value is -4.45. The van der Waals surface area contributed by atoms with Gasteiger partial charge in [-0.05, 0) is 80.8 Å². The number of rotatable bonds is 8. The smallest absolute Gasteiger partial charge is 0.239 e. The Bertz CT molecular complexity index is 1500. The number of nitrogens with one attached hydrogen (secondary N) is 1. The monoisotopic (exact) mass is 503 g/mol. The maximum Gasteiger partial charge on any atom is 0.239 e. The van der Waals surface area contributed by atoms with Gasteiger partial charge in [0.2, 0.25) is 5.91 Å². The number of hydrogen-bond acceptors (Lipinski definition) is 4. The van der Waals surface area contributed by atoms with E-state index in [1.54, 1.807) is 4.80 Å². The Morgan fingerprint density at radius 3 is 1.87 bits per heavy atom. The van der Waals surface area contributed by atoms with Crippen molar-refractivity contribution in [1.82, 2.24) is 15.0 Å². The lowest BCUT2D eigenvalue weighted by Crippen LogP contribution is -2.38. The average Bonchev–Trinajstić information content (AvgIpc) is 3.37. The third-order valence-electron chi connectivity index (χ3n) is 7.34. The molecule has 0 bridgehead atoms. The van der Waals surface area contributed by atoms with E-state index in [-0.39, 0.29) is 5.91 Å². The molecular formula is C32H33N5O. The van der Waals surface area contributed by atoms with E-state index in [4.69, 9.17) is 10.2 Å². The van der Waals surface area contributed by atoms with Crippen LogP contribution in [0.4, 0.5) is 11.4 Å². The lowest BCUT2D eigenvalue weighted by atomic mass is 9.75. The Kier molecular flexibility index (Phi) is 6.97. The minimum Gasteiger partial charge on any atom is -0.372 e. The molecular weight excluding hydrogens is 470 g/mol. The van der Waals surface area contributed by atoms with Crippen molar-refractivity contribution in [1.29, 1.82) is 0 Å². The van der Waals surface area contributed by atoms with Gasteiger partial charge >= 0.3 is 0 Å². The summed E-state index contributed by atoms with van der Waals surface area (Å²) in [5, 5.41) is 12.6. The van der Waals surface area contributed by atoms with Gasteiger partial charge in [0, 0.05) is 24.5 Å². The molecule has 0 atom stereocenters. The van der Waals surface area contributed by atoms with E-state index in [1.165, 1.54) is 5.69 Å². The molecule has 0 radical (unpaired) electrons. The molecule has 6 nitrogen and oxygen atoms in total. The Labute approximate surface area is 223 Å². The lowest BCUT2D eigenvalue weighted by Gasteiger charge is -2.30. The fourth-order valence-electron chi connectivity index (χ4n) is 4.92. The van der Waals surface area contributed by atoms with Crippen molar-refractivity contribution in [2.75, 3.05) is 23.3 Å². The van der Waals surface area contributed by atoms with E-state index in [2.05, 4.69) is 36.2 Å². The number of benzene rings is 4. The van der Waals surface area contributed by atoms with Crippen LogP contribution in [0.2, 0.25) is 0 Å². The van der Waals surface area contributed by atoms with Crippen LogP contribution in [0.15, 0.2) is 97.1 Å². The summed E-state index contributed by atoms with van der Waals surface area (Å²) < 4.78 is 0. The molecule has 4 aromatic carbocycles. The van der Waals surface area contributed by atoms with E-state index in [9.17, 15) is 4.79 Å². The molecule has 1 heterocycles. The molecule has 0 aliphatic heterocycles. The fraction of sp³-hybridized carbons (Fsp3) is 0.219. The van der Waals surface area contributed by atoms with E-state index in [0.717, 1.165) is 52.2 Å². The molecule has 5 rings (SSSR count). The fourth-order valence-corrected chi connectivity index (χ4v) is 4.92. The lowest BCUT2D eigenvalue weighted by molar-refractivity contribution is -0.119. The van der Waals surface area contributed by atoms with Crippen molar-refractivity contribution in [3.05, 3.63) is 114 Å². The Morgan fingerprint density at radius 2 is 1.34 bits per heavy atom. The van der Waals surface area contributed by atoms with Gasteiger partial charge in [-0.1, -0.05) is 60.7 Å². The van der Waals surface area contributed by atoms with Gasteiger partial charge in [-0.3, -0.25) is 4.79 Å². The van der Waals surface area contributed by atoms with E-state index in [1.807, 2.05) is 98.8 Å². The molecule has 192 valence electrons. The van der Waals surface area contributed by atoms with Gasteiger partial charge in [-0.2, -0.15) is 4.80 Å². The molecule has 0 fully saturated rings. The number of amides is 1. The number of aromatic nitrogens is 3. The standard InChI is InChI=1S/C32H33N5O/c1-5-36(6-2)26-17-19-27(20-18-26)37-34-29-21-23(3)28(22-30(29)35-37)33-31(38)32(4,24-13-9-7-10-14-24)25-15-11-8-12-16-25/h7-22H,5-6H2,1-4H3,(H,33,38). The van der Waals surface area contributed by atoms with E-state index < -0.39 is 5.41 Å². The zero-order valence-corrected chi connectivity index (χ0v) is 22.3. The van der Waals surface area contributed by atoms with Crippen LogP contribution in [-0.2, 0) is 10.2 Å². The average molecular weight is 504 g/mol. The molecule has 0 unspecified atom stereocenters. The maximum atomic E-state index is 13.9. The maximum absolute atomic E-state index is 13.9. The third kappa shape index (κ3) is 4.65. The van der Waals surface area contributed by atoms with Crippen molar-refractivity contribution in [3.8, 4) is 5.69 Å². The highest BCUT2D eigenvalue weighted by Gasteiger charge is 2.37. The van der Waals surface area contributed by atoms with Gasteiger partial charge in [0.25, 0.3) is 0 Å². The van der Waals surface area contributed by atoms with Gasteiger partial charge in [-0.25, -0.2) is 0 Å². The summed E-state index contributed by atoms with van der Waals surface area (Å²) in [6.07, 6.45) is 0. The van der Waals surface area contributed by atoms with Gasteiger partial charge in [0.05, 0.1) is 11.1 Å². The quantitative estimate of drug-likeness (QED) is 0.262. The zero-order chi connectivity index (χ0) is 26.7. The van der Waals surface area contributed by atoms with E-state index in [0.29, 0.717) is 0 Å². The van der Waals surface area contributed by atoms with Gasteiger partial charge in [0.15, 0.2) is 0 Å². The molecule has 0 saturated heterocycles. The first kappa shape index (κ1) is 25.2. The van der Waals surface area contributed by atoms with Crippen LogP contribution in [-0.4, -0.2) is 34.0 Å². The summed E-state index contributed by atoms with van der Waals surface area (Å²) in [5.41, 5.74) is 6.22. The second-order valence-electron chi connectivity index (χ2n) is 9.65. The van der Waals surface area contributed by atoms with Crippen molar-refractivity contribution in [2.24, 2.45) is 0 Å². The minimum absolute atomic E-state index is 0.100. The van der Waals surface area contributed by atoms with Crippen LogP contribution in [0.1, 0.15) is 37.5 Å². The molecule has 6 heteroatoms. The number of carbonyl (C=O) groups excluding carboxylic acids is 1. The van der Waals surface area contributed by atoms with Gasteiger partial charge in [-0.15, -0.1) is 10.2 Å². The minimum atomic E-state index is -0.867. The van der Waals surface area contributed by atoms with Crippen LogP contribution in [0, 0.1) is 6.92 Å². The molecule has 1 amide bonds. The summed E-state index contributed by atoms with van der Waals surface area (Å²) in [6.45, 7) is 10.2. The summed E-state index contributed by atoms with van der Waals surface area (Å²) >= 11 is 0. The summed E-state index contributed by atoms with van der Waals surface area (Å²) in [7, 11) is 0. The molecule has 0 aliphatic rings. The highest BCUT2D eigenvalue weighted by molar-refractivity contribution is 6.03. The molecule has 0 aliphatic carbocycles. The Balaban J connectivity index is 1.47. The van der Waals surface area contributed by atoms with Crippen LogP contribution in [0.5, 0.6) is 0 Å². The number of nitrogens with zero attached hydrogens (tertiary/aromatic N) is 4. The number of aryl methyl sites for hydroxylation is 1. The summed E-state index contributed by atoms with van der Waals surface area (Å²) in [4.78, 5) is 17.9. The van der Waals surface area contributed by atoms with Crippen molar-refractivity contribution in [3.63, 3.8) is 0 Å². The number of carbonyl (C=O) groups is 1. The van der Waals surface area contributed by atoms with Gasteiger partial charge < -0.3 is 10.2 Å². The van der Waals surface area contributed by atoms with Crippen molar-refractivity contribution >= 4 is 28.3 Å². The number of hydrogen-bond donors (Lipinski definition) is 1. The first-order chi connectivity index (χ1) is 18.4. The predicted octanol–water partition coefficient (Wildman–Crippen LogP) is 6.52. The molecule has 0 spiro atoms. The second kappa shape index (κ2) is 10.5. The SMILES string of the molecule is CCN(CC)c1ccc(-n2nc3cc(C)c(NC(=O)C(C)(c4ccccc4)c4ccccc4)cc3n2)cc1. The van der Waals surface area contributed by atoms with Crippen molar-refractivity contribution in [2.45, 2.75) is 33.1 Å². The second-order valence-corrected chi connectivity index (χ2v) is 9.65. The first-order valence-electron chi connectivity index (χ1n) is 13.1. The molecule has 1 aromatic heterocycles. The summed E-state index contributed by atoms with van der Waals surface area (Å²) in [5.74, 6) is -0.100. The van der Waals surface area contributed by atoms with Crippen LogP contribution >= 0.6 is 0 Å². The first-order valence-corrected chi connectivity index (χ1v) is 13.1. The third-order valence-corrected chi connectivity index (χ3v) is 7.34. The topological polar surface area (TPSA) is 63.1 Å². The molecule has 38 heavy (non-hydrogen) atoms. The number of anilines is 2. The van der Waals surface area contributed by atoms with Crippen molar-refractivity contribution < 1.29 is 4.79 Å². The van der Waals surface area contributed by atoms with E-state index >= 15 is 0 Å². The Morgan fingerprint density at radius 1 is 0.816 bits per heavy atom. The highest BCUT2D eigenvalue weighted by Crippen LogP contribution is 2.34. The molecule has 5 aromatic rings. The van der Waals surface area contributed by atoms with Crippen LogP contribution < -0.4 is 10.2 Å². The zero-order valence-electron chi connectivity index (χ0n) is 22.3. The summed E-state index contributed by atoms with van der Waals surface area (Å²) in [6, 6.07) is 31.9. The number of fused-ring (bicyclic) bond motifs is 1.